The second-order valence-corrected chi connectivity index (χ2v) is 6.20. The Morgan fingerprint density at radius 3 is 2.76 bits per heavy atom. The second kappa shape index (κ2) is 8.53. The van der Waals surface area contributed by atoms with Crippen LogP contribution in [0.1, 0.15) is 19.8 Å². The molecule has 2 N–H and O–H groups in total. The number of benzene rings is 2. The van der Waals surface area contributed by atoms with Crippen molar-refractivity contribution in [1.82, 2.24) is 0 Å². The fourth-order valence-electron chi connectivity index (χ4n) is 2.73. The van der Waals surface area contributed by atoms with Gasteiger partial charge in [-0.1, -0.05) is 24.3 Å². The summed E-state index contributed by atoms with van der Waals surface area (Å²) in [5.41, 5.74) is 1.63. The Morgan fingerprint density at radius 1 is 1.20 bits per heavy atom. The standard InChI is InChI=1S/C20H24N2O3/c1-15(20(23)22-16-7-3-2-4-8-16)21-17-9-5-10-18(13-17)25-14-19-11-6-12-24-19/h2-5,7-10,13,15,19,21H,6,11-12,14H2,1H3,(H,22,23)/t15-,19+/m0/s1. The van der Waals surface area contributed by atoms with E-state index in [-0.39, 0.29) is 18.1 Å². The van der Waals surface area contributed by atoms with E-state index in [1.54, 1.807) is 0 Å². The molecule has 0 radical (unpaired) electrons. The van der Waals surface area contributed by atoms with Crippen LogP contribution in [-0.4, -0.2) is 31.3 Å². The SMILES string of the molecule is C[C@H](Nc1cccc(OC[C@H]2CCCO2)c1)C(=O)Nc1ccccc1. The van der Waals surface area contributed by atoms with Crippen LogP contribution in [-0.2, 0) is 9.53 Å². The molecule has 1 heterocycles. The van der Waals surface area contributed by atoms with Gasteiger partial charge < -0.3 is 20.1 Å². The van der Waals surface area contributed by atoms with Crippen molar-refractivity contribution < 1.29 is 14.3 Å². The molecule has 1 fully saturated rings. The average molecular weight is 340 g/mol. The summed E-state index contributed by atoms with van der Waals surface area (Å²) in [7, 11) is 0. The highest BCUT2D eigenvalue weighted by Gasteiger charge is 2.16. The van der Waals surface area contributed by atoms with Gasteiger partial charge in [-0.15, -0.1) is 0 Å². The molecule has 1 aliphatic rings. The topological polar surface area (TPSA) is 59.6 Å². The number of hydrogen-bond donors (Lipinski definition) is 2. The van der Waals surface area contributed by atoms with Crippen LogP contribution in [0.5, 0.6) is 5.75 Å². The van der Waals surface area contributed by atoms with Gasteiger partial charge in [0.2, 0.25) is 5.91 Å². The van der Waals surface area contributed by atoms with Crippen LogP contribution in [0.3, 0.4) is 0 Å². The van der Waals surface area contributed by atoms with Crippen molar-refractivity contribution in [2.45, 2.75) is 31.9 Å². The van der Waals surface area contributed by atoms with Crippen LogP contribution >= 0.6 is 0 Å². The van der Waals surface area contributed by atoms with Crippen LogP contribution in [0.4, 0.5) is 11.4 Å². The Balaban J connectivity index is 1.52. The van der Waals surface area contributed by atoms with Gasteiger partial charge in [-0.05, 0) is 44.0 Å². The lowest BCUT2D eigenvalue weighted by molar-refractivity contribution is -0.116. The molecule has 25 heavy (non-hydrogen) atoms. The van der Waals surface area contributed by atoms with Crippen LogP contribution in [0.2, 0.25) is 0 Å². The highest BCUT2D eigenvalue weighted by molar-refractivity contribution is 5.96. The smallest absolute Gasteiger partial charge is 0.246 e. The Morgan fingerprint density at radius 2 is 2.00 bits per heavy atom. The Labute approximate surface area is 148 Å². The van der Waals surface area contributed by atoms with Crippen LogP contribution in [0.25, 0.3) is 0 Å². The molecule has 0 aliphatic carbocycles. The molecular formula is C20H24N2O3. The fourth-order valence-corrected chi connectivity index (χ4v) is 2.73. The maximum atomic E-state index is 12.3. The number of carbonyl (C=O) groups excluding carboxylic acids is 1. The van der Waals surface area contributed by atoms with Crippen LogP contribution in [0.15, 0.2) is 54.6 Å². The number of rotatable bonds is 7. The van der Waals surface area contributed by atoms with Gasteiger partial charge in [0.25, 0.3) is 0 Å². The van der Waals surface area contributed by atoms with Gasteiger partial charge in [0.05, 0.1) is 6.10 Å². The minimum absolute atomic E-state index is 0.0862. The van der Waals surface area contributed by atoms with Crippen molar-refractivity contribution in [2.24, 2.45) is 0 Å². The molecule has 0 unspecified atom stereocenters. The molecule has 2 aromatic rings. The van der Waals surface area contributed by atoms with E-state index in [0.717, 1.165) is 36.6 Å². The van der Waals surface area contributed by atoms with Gasteiger partial charge in [0.15, 0.2) is 0 Å². The summed E-state index contributed by atoms with van der Waals surface area (Å²) in [6, 6.07) is 16.7. The number of amides is 1. The zero-order chi connectivity index (χ0) is 17.5. The normalized spacial score (nSPS) is 17.7. The first-order valence-electron chi connectivity index (χ1n) is 8.67. The van der Waals surface area contributed by atoms with E-state index < -0.39 is 0 Å². The number of hydrogen-bond acceptors (Lipinski definition) is 4. The third kappa shape index (κ3) is 5.22. The molecule has 0 bridgehead atoms. The van der Waals surface area contributed by atoms with E-state index >= 15 is 0 Å². The Kier molecular flexibility index (Phi) is 5.90. The van der Waals surface area contributed by atoms with Gasteiger partial charge in [-0.25, -0.2) is 0 Å². The van der Waals surface area contributed by atoms with Crippen molar-refractivity contribution in [2.75, 3.05) is 23.8 Å². The zero-order valence-electron chi connectivity index (χ0n) is 14.4. The van der Waals surface area contributed by atoms with E-state index in [1.165, 1.54) is 0 Å². The molecule has 2 atom stereocenters. The van der Waals surface area contributed by atoms with Gasteiger partial charge in [0.1, 0.15) is 18.4 Å². The van der Waals surface area contributed by atoms with E-state index in [1.807, 2.05) is 61.5 Å². The third-order valence-corrected chi connectivity index (χ3v) is 4.11. The molecule has 1 saturated heterocycles. The summed E-state index contributed by atoms with van der Waals surface area (Å²) < 4.78 is 11.4. The van der Waals surface area contributed by atoms with Gasteiger partial charge >= 0.3 is 0 Å². The summed E-state index contributed by atoms with van der Waals surface area (Å²) >= 11 is 0. The monoisotopic (exact) mass is 340 g/mol. The molecule has 5 nitrogen and oxygen atoms in total. The predicted octanol–water partition coefficient (Wildman–Crippen LogP) is 3.68. The molecular weight excluding hydrogens is 316 g/mol. The minimum atomic E-state index is -0.367. The molecule has 1 aliphatic heterocycles. The van der Waals surface area contributed by atoms with Crippen molar-refractivity contribution >= 4 is 17.3 Å². The van der Waals surface area contributed by atoms with Crippen LogP contribution in [0, 0.1) is 0 Å². The average Bonchev–Trinajstić information content (AvgIpc) is 3.15. The highest BCUT2D eigenvalue weighted by atomic mass is 16.5. The summed E-state index contributed by atoms with van der Waals surface area (Å²) in [4.78, 5) is 12.3. The zero-order valence-corrected chi connectivity index (χ0v) is 14.4. The van der Waals surface area contributed by atoms with Crippen molar-refractivity contribution in [1.29, 1.82) is 0 Å². The number of anilines is 2. The molecule has 3 rings (SSSR count). The number of carbonyl (C=O) groups is 1. The number of nitrogens with one attached hydrogen (secondary N) is 2. The first kappa shape index (κ1) is 17.3. The lowest BCUT2D eigenvalue weighted by atomic mass is 10.2. The van der Waals surface area contributed by atoms with Crippen molar-refractivity contribution in [3.8, 4) is 5.75 Å². The molecule has 0 aromatic heterocycles. The summed E-state index contributed by atoms with van der Waals surface area (Å²) in [6.07, 6.45) is 2.34. The lowest BCUT2D eigenvalue weighted by Gasteiger charge is -2.17. The van der Waals surface area contributed by atoms with Crippen molar-refractivity contribution in [3.63, 3.8) is 0 Å². The maximum absolute atomic E-state index is 12.3. The molecule has 0 saturated carbocycles. The summed E-state index contributed by atoms with van der Waals surface area (Å²) in [5.74, 6) is 0.688. The van der Waals surface area contributed by atoms with E-state index in [9.17, 15) is 4.79 Å². The Hall–Kier alpha value is -2.53. The lowest BCUT2D eigenvalue weighted by Crippen LogP contribution is -2.31. The van der Waals surface area contributed by atoms with Crippen molar-refractivity contribution in [3.05, 3.63) is 54.6 Å². The second-order valence-electron chi connectivity index (χ2n) is 6.20. The quantitative estimate of drug-likeness (QED) is 0.807. The third-order valence-electron chi connectivity index (χ3n) is 4.11. The molecule has 132 valence electrons. The maximum Gasteiger partial charge on any atom is 0.246 e. The fraction of sp³-hybridized carbons (Fsp3) is 0.350. The molecule has 0 spiro atoms. The predicted molar refractivity (Wildman–Crippen MR) is 99.1 cm³/mol. The van der Waals surface area contributed by atoms with Gasteiger partial charge in [-0.2, -0.15) is 0 Å². The number of para-hydroxylation sites is 1. The summed E-state index contributed by atoms with van der Waals surface area (Å²) in [6.45, 7) is 3.22. The minimum Gasteiger partial charge on any atom is -0.491 e. The molecule has 5 heteroatoms. The molecule has 1 amide bonds. The number of ether oxygens (including phenoxy) is 2. The Bertz CT molecular complexity index is 684. The van der Waals surface area contributed by atoms with E-state index in [0.29, 0.717) is 6.61 Å². The highest BCUT2D eigenvalue weighted by Crippen LogP contribution is 2.20. The van der Waals surface area contributed by atoms with Crippen LogP contribution < -0.4 is 15.4 Å². The first-order valence-corrected chi connectivity index (χ1v) is 8.67. The van der Waals surface area contributed by atoms with Gasteiger partial charge in [0, 0.05) is 24.0 Å². The summed E-state index contributed by atoms with van der Waals surface area (Å²) in [5, 5.41) is 6.10. The first-order chi connectivity index (χ1) is 12.2. The largest absolute Gasteiger partial charge is 0.491 e. The molecule has 2 aromatic carbocycles. The van der Waals surface area contributed by atoms with Gasteiger partial charge in [-0.3, -0.25) is 4.79 Å². The van der Waals surface area contributed by atoms with E-state index in [4.69, 9.17) is 9.47 Å². The van der Waals surface area contributed by atoms with E-state index in [2.05, 4.69) is 10.6 Å².